The molecule has 0 spiro atoms. The van der Waals surface area contributed by atoms with Crippen LogP contribution >= 0.6 is 24.0 Å². The molecule has 1 aliphatic heterocycles. The van der Waals surface area contributed by atoms with Crippen LogP contribution in [0.5, 0.6) is 0 Å². The molecule has 2 aromatic rings. The Labute approximate surface area is 208 Å². The first-order chi connectivity index (χ1) is 15.1. The van der Waals surface area contributed by atoms with E-state index in [0.29, 0.717) is 18.3 Å². The topological polar surface area (TPSA) is 55.8 Å². The summed E-state index contributed by atoms with van der Waals surface area (Å²) in [5, 5.41) is 6.87. The van der Waals surface area contributed by atoms with Gasteiger partial charge in [0.2, 0.25) is 0 Å². The van der Waals surface area contributed by atoms with E-state index in [1.807, 2.05) is 49.2 Å². The number of aliphatic imine (C=N–C) groups is 1. The van der Waals surface area contributed by atoms with E-state index < -0.39 is 0 Å². The number of rotatable bonds is 8. The molecule has 6 nitrogen and oxygen atoms in total. The number of pyridine rings is 1. The Morgan fingerprint density at radius 1 is 1.16 bits per heavy atom. The van der Waals surface area contributed by atoms with Crippen LogP contribution in [0, 0.1) is 5.82 Å². The van der Waals surface area contributed by atoms with Gasteiger partial charge in [0, 0.05) is 45.0 Å². The van der Waals surface area contributed by atoms with Crippen molar-refractivity contribution < 1.29 is 4.39 Å². The van der Waals surface area contributed by atoms with Crippen LogP contribution in [0.3, 0.4) is 0 Å². The quantitative estimate of drug-likeness (QED) is 0.288. The molecular weight excluding hydrogens is 518 g/mol. The van der Waals surface area contributed by atoms with Crippen LogP contribution in [0.1, 0.15) is 39.2 Å². The van der Waals surface area contributed by atoms with Crippen LogP contribution in [-0.4, -0.2) is 49.7 Å². The van der Waals surface area contributed by atoms with E-state index in [4.69, 9.17) is 4.99 Å². The molecule has 0 amide bonds. The molecule has 0 aliphatic carbocycles. The molecule has 1 aliphatic rings. The number of halogens is 2. The van der Waals surface area contributed by atoms with Gasteiger partial charge < -0.3 is 20.4 Å². The van der Waals surface area contributed by atoms with Crippen molar-refractivity contribution in [3.8, 4) is 0 Å². The molecule has 1 fully saturated rings. The molecule has 0 radical (unpaired) electrons. The molecule has 0 unspecified atom stereocenters. The van der Waals surface area contributed by atoms with E-state index in [0.717, 1.165) is 62.9 Å². The second-order valence-electron chi connectivity index (χ2n) is 7.75. The smallest absolute Gasteiger partial charge is 0.191 e. The molecule has 1 saturated heterocycles. The van der Waals surface area contributed by atoms with Crippen molar-refractivity contribution in [3.63, 3.8) is 0 Å². The van der Waals surface area contributed by atoms with Gasteiger partial charge in [-0.05, 0) is 63.4 Å². The van der Waals surface area contributed by atoms with Gasteiger partial charge in [-0.15, -0.1) is 24.0 Å². The molecular formula is C24H36FIN6. The summed E-state index contributed by atoms with van der Waals surface area (Å²) in [6.45, 7) is 10.9. The Morgan fingerprint density at radius 3 is 2.50 bits per heavy atom. The Balaban J connectivity index is 0.00000363. The van der Waals surface area contributed by atoms with E-state index in [9.17, 15) is 4.39 Å². The van der Waals surface area contributed by atoms with Crippen LogP contribution in [0.4, 0.5) is 15.9 Å². The predicted molar refractivity (Wildman–Crippen MR) is 143 cm³/mol. The fraction of sp³-hybridized carbons (Fsp3) is 0.500. The van der Waals surface area contributed by atoms with Crippen molar-refractivity contribution in [2.45, 2.75) is 46.2 Å². The Bertz CT molecular complexity index is 836. The molecule has 2 N–H and O–H groups in total. The number of anilines is 2. The molecule has 0 atom stereocenters. The highest BCUT2D eigenvalue weighted by molar-refractivity contribution is 14.0. The number of benzene rings is 1. The predicted octanol–water partition coefficient (Wildman–Crippen LogP) is 4.41. The molecule has 0 saturated carbocycles. The Morgan fingerprint density at radius 2 is 1.91 bits per heavy atom. The van der Waals surface area contributed by atoms with Crippen molar-refractivity contribution in [2.24, 2.45) is 4.99 Å². The number of hydrogen-bond acceptors (Lipinski definition) is 4. The number of guanidine groups is 1. The summed E-state index contributed by atoms with van der Waals surface area (Å²) in [5.74, 6) is 1.64. The second kappa shape index (κ2) is 13.4. The summed E-state index contributed by atoms with van der Waals surface area (Å²) in [7, 11) is 0. The van der Waals surface area contributed by atoms with Gasteiger partial charge in [0.05, 0.1) is 12.2 Å². The summed E-state index contributed by atoms with van der Waals surface area (Å²) >= 11 is 0. The van der Waals surface area contributed by atoms with Crippen molar-refractivity contribution in [1.82, 2.24) is 15.6 Å². The van der Waals surface area contributed by atoms with Crippen molar-refractivity contribution in [2.75, 3.05) is 42.5 Å². The fourth-order valence-corrected chi connectivity index (χ4v) is 3.95. The summed E-state index contributed by atoms with van der Waals surface area (Å²) in [4.78, 5) is 13.5. The van der Waals surface area contributed by atoms with Gasteiger partial charge in [-0.1, -0.05) is 12.1 Å². The third-order valence-corrected chi connectivity index (χ3v) is 5.69. The number of nitrogens with zero attached hydrogens (tertiary/aromatic N) is 4. The van der Waals surface area contributed by atoms with Crippen molar-refractivity contribution >= 4 is 41.4 Å². The van der Waals surface area contributed by atoms with Crippen LogP contribution in [-0.2, 0) is 6.54 Å². The average molecular weight is 554 g/mol. The average Bonchev–Trinajstić information content (AvgIpc) is 2.80. The van der Waals surface area contributed by atoms with Crippen molar-refractivity contribution in [1.29, 1.82) is 0 Å². The molecule has 1 aromatic heterocycles. The number of hydrogen-bond donors (Lipinski definition) is 2. The van der Waals surface area contributed by atoms with E-state index in [1.165, 1.54) is 0 Å². The minimum absolute atomic E-state index is 0. The van der Waals surface area contributed by atoms with E-state index in [-0.39, 0.29) is 29.8 Å². The van der Waals surface area contributed by atoms with Gasteiger partial charge in [0.1, 0.15) is 11.6 Å². The molecule has 0 bridgehead atoms. The van der Waals surface area contributed by atoms with Crippen LogP contribution in [0.25, 0.3) is 0 Å². The molecule has 176 valence electrons. The van der Waals surface area contributed by atoms with Crippen molar-refractivity contribution in [3.05, 3.63) is 54.0 Å². The summed E-state index contributed by atoms with van der Waals surface area (Å²) < 4.78 is 14.6. The van der Waals surface area contributed by atoms with Gasteiger partial charge in [-0.25, -0.2) is 14.4 Å². The maximum atomic E-state index is 14.6. The van der Waals surface area contributed by atoms with Gasteiger partial charge in [0.15, 0.2) is 5.96 Å². The second-order valence-corrected chi connectivity index (χ2v) is 7.75. The van der Waals surface area contributed by atoms with Crippen LogP contribution in [0.15, 0.2) is 47.6 Å². The summed E-state index contributed by atoms with van der Waals surface area (Å²) in [5.41, 5.74) is 1.53. The van der Waals surface area contributed by atoms with Gasteiger partial charge in [-0.2, -0.15) is 0 Å². The molecule has 1 aromatic carbocycles. The largest absolute Gasteiger partial charge is 0.370 e. The lowest BCUT2D eigenvalue weighted by molar-refractivity contribution is 0.459. The zero-order valence-electron chi connectivity index (χ0n) is 19.4. The highest BCUT2D eigenvalue weighted by Crippen LogP contribution is 2.21. The number of aromatic nitrogens is 1. The normalized spacial score (nSPS) is 14.6. The standard InChI is InChI=1S/C24H35FN6.HI/c1-4-26-24(28-18-19-10-11-22(21(25)17-19)30(5-2)6-3)29-20-12-15-31(16-13-20)23-9-7-8-14-27-23;/h7-11,14,17,20H,4-6,12-13,15-16,18H2,1-3H3,(H2,26,28,29);1H. The number of piperidine rings is 1. The Kier molecular flexibility index (Phi) is 11.0. The maximum Gasteiger partial charge on any atom is 0.191 e. The summed E-state index contributed by atoms with van der Waals surface area (Å²) in [6.07, 6.45) is 3.88. The minimum Gasteiger partial charge on any atom is -0.370 e. The lowest BCUT2D eigenvalue weighted by Gasteiger charge is -2.33. The fourth-order valence-electron chi connectivity index (χ4n) is 3.95. The first-order valence-corrected chi connectivity index (χ1v) is 11.4. The highest BCUT2D eigenvalue weighted by Gasteiger charge is 2.20. The zero-order valence-corrected chi connectivity index (χ0v) is 21.7. The first kappa shape index (κ1) is 26.2. The van der Waals surface area contributed by atoms with E-state index in [1.54, 1.807) is 6.07 Å². The van der Waals surface area contributed by atoms with E-state index >= 15 is 0 Å². The molecule has 3 rings (SSSR count). The van der Waals surface area contributed by atoms with Gasteiger partial charge in [-0.3, -0.25) is 0 Å². The maximum absolute atomic E-state index is 14.6. The monoisotopic (exact) mass is 554 g/mol. The molecule has 8 heteroatoms. The van der Waals surface area contributed by atoms with Gasteiger partial charge in [0.25, 0.3) is 0 Å². The minimum atomic E-state index is -0.184. The molecule has 2 heterocycles. The lowest BCUT2D eigenvalue weighted by Crippen LogP contribution is -2.48. The summed E-state index contributed by atoms with van der Waals surface area (Å²) in [6, 6.07) is 11.8. The number of nitrogens with one attached hydrogen (secondary N) is 2. The third kappa shape index (κ3) is 7.21. The van der Waals surface area contributed by atoms with E-state index in [2.05, 4.69) is 33.5 Å². The van der Waals surface area contributed by atoms with Gasteiger partial charge >= 0.3 is 0 Å². The first-order valence-electron chi connectivity index (χ1n) is 11.4. The zero-order chi connectivity index (χ0) is 22.1. The SMILES string of the molecule is CCNC(=NCc1ccc(N(CC)CC)c(F)c1)NC1CCN(c2ccccn2)CC1.I. The highest BCUT2D eigenvalue weighted by atomic mass is 127. The lowest BCUT2D eigenvalue weighted by atomic mass is 10.1. The van der Waals surface area contributed by atoms with Crippen LogP contribution in [0.2, 0.25) is 0 Å². The Hall–Kier alpha value is -2.10. The van der Waals surface area contributed by atoms with Crippen LogP contribution < -0.4 is 20.4 Å². The third-order valence-electron chi connectivity index (χ3n) is 5.69. The molecule has 32 heavy (non-hydrogen) atoms.